The Morgan fingerprint density at radius 2 is 1.38 bits per heavy atom. The molecule has 0 aliphatic rings. The van der Waals surface area contributed by atoms with E-state index >= 15 is 0 Å². The number of ether oxygens (including phenoxy) is 1. The summed E-state index contributed by atoms with van der Waals surface area (Å²) >= 11 is 0. The molecule has 0 aliphatic heterocycles. The molecule has 1 amide bonds. The van der Waals surface area contributed by atoms with Gasteiger partial charge in [-0.3, -0.25) is 4.79 Å². The van der Waals surface area contributed by atoms with Crippen LogP contribution in [0, 0.1) is 0 Å². The minimum Gasteiger partial charge on any atom is -0.492 e. The standard InChI is InChI=1S/C26H27NO2/c1-3-25(21-10-6-4-7-11-21)26(22-12-8-5-9-13-22)23-14-16-24(17-15-23)29-19-18-27(2)20-28/h4-17,20H,3,18-19H2,1-2H3/b26-25-. The Kier molecular flexibility index (Phi) is 7.23. The second-order valence-corrected chi connectivity index (χ2v) is 6.90. The highest BCUT2D eigenvalue weighted by molar-refractivity contribution is 5.98. The summed E-state index contributed by atoms with van der Waals surface area (Å²) in [5.74, 6) is 0.804. The van der Waals surface area contributed by atoms with Crippen LogP contribution in [0.25, 0.3) is 11.1 Å². The average Bonchev–Trinajstić information content (AvgIpc) is 2.79. The summed E-state index contributed by atoms with van der Waals surface area (Å²) in [4.78, 5) is 12.2. The van der Waals surface area contributed by atoms with Crippen molar-refractivity contribution in [1.82, 2.24) is 4.90 Å². The number of hydrogen-bond acceptors (Lipinski definition) is 2. The molecule has 0 fully saturated rings. The number of carbonyl (C=O) groups is 1. The molecule has 3 rings (SSSR count). The predicted molar refractivity (Wildman–Crippen MR) is 120 cm³/mol. The van der Waals surface area contributed by atoms with Crippen molar-refractivity contribution in [2.24, 2.45) is 0 Å². The van der Waals surface area contributed by atoms with E-state index in [4.69, 9.17) is 4.74 Å². The summed E-state index contributed by atoms with van der Waals surface area (Å²) in [5, 5.41) is 0. The Balaban J connectivity index is 1.95. The van der Waals surface area contributed by atoms with Crippen molar-refractivity contribution < 1.29 is 9.53 Å². The van der Waals surface area contributed by atoms with Crippen LogP contribution in [-0.4, -0.2) is 31.5 Å². The Morgan fingerprint density at radius 1 is 0.828 bits per heavy atom. The van der Waals surface area contributed by atoms with E-state index < -0.39 is 0 Å². The minimum atomic E-state index is 0.472. The van der Waals surface area contributed by atoms with Gasteiger partial charge in [0.05, 0.1) is 6.54 Å². The Bertz CT molecular complexity index is 931. The van der Waals surface area contributed by atoms with Gasteiger partial charge in [0.25, 0.3) is 0 Å². The van der Waals surface area contributed by atoms with E-state index in [0.717, 1.165) is 24.1 Å². The molecule has 0 unspecified atom stereocenters. The SMILES string of the molecule is CC/C(=C(\c1ccccc1)c1ccc(OCCN(C)C=O)cc1)c1ccccc1. The second kappa shape index (κ2) is 10.3. The van der Waals surface area contributed by atoms with Crippen LogP contribution in [0.2, 0.25) is 0 Å². The van der Waals surface area contributed by atoms with E-state index in [9.17, 15) is 4.79 Å². The fraction of sp³-hybridized carbons (Fsp3) is 0.192. The summed E-state index contributed by atoms with van der Waals surface area (Å²) in [7, 11) is 1.74. The highest BCUT2D eigenvalue weighted by Crippen LogP contribution is 2.34. The molecule has 0 saturated heterocycles. The van der Waals surface area contributed by atoms with Gasteiger partial charge in [0, 0.05) is 7.05 Å². The van der Waals surface area contributed by atoms with Crippen LogP contribution in [0.3, 0.4) is 0 Å². The molecule has 0 aromatic heterocycles. The third-order valence-corrected chi connectivity index (χ3v) is 4.88. The van der Waals surface area contributed by atoms with Crippen molar-refractivity contribution in [3.05, 3.63) is 102 Å². The molecule has 0 radical (unpaired) electrons. The van der Waals surface area contributed by atoms with Gasteiger partial charge in [-0.2, -0.15) is 0 Å². The molecule has 3 aromatic rings. The molecule has 0 spiro atoms. The maximum absolute atomic E-state index is 10.7. The van der Waals surface area contributed by atoms with E-state index in [0.29, 0.717) is 13.2 Å². The first-order valence-electron chi connectivity index (χ1n) is 9.95. The normalized spacial score (nSPS) is 11.5. The van der Waals surface area contributed by atoms with Gasteiger partial charge in [0.15, 0.2) is 0 Å². The van der Waals surface area contributed by atoms with Crippen LogP contribution in [-0.2, 0) is 4.79 Å². The summed E-state index contributed by atoms with van der Waals surface area (Å²) in [6.45, 7) is 3.24. The number of hydrogen-bond donors (Lipinski definition) is 0. The Morgan fingerprint density at radius 3 is 1.93 bits per heavy atom. The highest BCUT2D eigenvalue weighted by atomic mass is 16.5. The van der Waals surface area contributed by atoms with Crippen LogP contribution in [0.4, 0.5) is 0 Å². The molecule has 0 saturated carbocycles. The number of carbonyl (C=O) groups excluding carboxylic acids is 1. The van der Waals surface area contributed by atoms with Crippen molar-refractivity contribution in [3.8, 4) is 5.75 Å². The van der Waals surface area contributed by atoms with Gasteiger partial charge in [-0.1, -0.05) is 79.7 Å². The number of nitrogens with zero attached hydrogens (tertiary/aromatic N) is 1. The zero-order valence-electron chi connectivity index (χ0n) is 17.0. The third-order valence-electron chi connectivity index (χ3n) is 4.88. The molecule has 0 bridgehead atoms. The first-order valence-corrected chi connectivity index (χ1v) is 9.95. The van der Waals surface area contributed by atoms with Gasteiger partial charge in [-0.05, 0) is 46.4 Å². The number of benzene rings is 3. The van der Waals surface area contributed by atoms with Crippen molar-refractivity contribution in [2.45, 2.75) is 13.3 Å². The molecular formula is C26H27NO2. The molecule has 148 valence electrons. The number of amides is 1. The number of allylic oxidation sites excluding steroid dienone is 1. The van der Waals surface area contributed by atoms with Gasteiger partial charge < -0.3 is 9.64 Å². The van der Waals surface area contributed by atoms with Crippen LogP contribution >= 0.6 is 0 Å². The molecular weight excluding hydrogens is 358 g/mol. The fourth-order valence-corrected chi connectivity index (χ4v) is 3.36. The maximum atomic E-state index is 10.7. The Labute approximate surface area is 173 Å². The van der Waals surface area contributed by atoms with Gasteiger partial charge in [-0.25, -0.2) is 0 Å². The van der Waals surface area contributed by atoms with Gasteiger partial charge in [-0.15, -0.1) is 0 Å². The highest BCUT2D eigenvalue weighted by Gasteiger charge is 2.13. The van der Waals surface area contributed by atoms with Crippen molar-refractivity contribution in [3.63, 3.8) is 0 Å². The van der Waals surface area contributed by atoms with E-state index in [-0.39, 0.29) is 0 Å². The van der Waals surface area contributed by atoms with Crippen LogP contribution in [0.5, 0.6) is 5.75 Å². The summed E-state index contributed by atoms with van der Waals surface area (Å²) < 4.78 is 5.77. The van der Waals surface area contributed by atoms with Crippen LogP contribution in [0.15, 0.2) is 84.9 Å². The first-order chi connectivity index (χ1) is 14.2. The lowest BCUT2D eigenvalue weighted by molar-refractivity contribution is -0.117. The van der Waals surface area contributed by atoms with Crippen molar-refractivity contribution >= 4 is 17.6 Å². The monoisotopic (exact) mass is 385 g/mol. The maximum Gasteiger partial charge on any atom is 0.209 e. The fourth-order valence-electron chi connectivity index (χ4n) is 3.36. The summed E-state index contributed by atoms with van der Waals surface area (Å²) in [5.41, 5.74) is 6.17. The smallest absolute Gasteiger partial charge is 0.209 e. The first kappa shape index (κ1) is 20.4. The van der Waals surface area contributed by atoms with Crippen molar-refractivity contribution in [1.29, 1.82) is 0 Å². The third kappa shape index (κ3) is 5.35. The van der Waals surface area contributed by atoms with Crippen molar-refractivity contribution in [2.75, 3.05) is 20.2 Å². The lowest BCUT2D eigenvalue weighted by Gasteiger charge is -2.17. The molecule has 0 N–H and O–H groups in total. The molecule has 29 heavy (non-hydrogen) atoms. The second-order valence-electron chi connectivity index (χ2n) is 6.90. The molecule has 0 atom stereocenters. The average molecular weight is 386 g/mol. The lowest BCUT2D eigenvalue weighted by atomic mass is 9.88. The zero-order valence-corrected chi connectivity index (χ0v) is 17.0. The molecule has 0 aliphatic carbocycles. The summed E-state index contributed by atoms with van der Waals surface area (Å²) in [6, 6.07) is 29.3. The number of rotatable bonds is 9. The van der Waals surface area contributed by atoms with Gasteiger partial charge in [0.1, 0.15) is 12.4 Å². The predicted octanol–water partition coefficient (Wildman–Crippen LogP) is 5.52. The Hall–Kier alpha value is -3.33. The van der Waals surface area contributed by atoms with E-state index in [1.165, 1.54) is 22.3 Å². The van der Waals surface area contributed by atoms with Gasteiger partial charge in [0.2, 0.25) is 6.41 Å². The lowest BCUT2D eigenvalue weighted by Crippen LogP contribution is -2.22. The molecule has 3 heteroatoms. The quantitative estimate of drug-likeness (QED) is 0.358. The van der Waals surface area contributed by atoms with Crippen LogP contribution in [0.1, 0.15) is 30.0 Å². The topological polar surface area (TPSA) is 29.5 Å². The van der Waals surface area contributed by atoms with E-state index in [2.05, 4.69) is 67.6 Å². The molecule has 0 heterocycles. The largest absolute Gasteiger partial charge is 0.492 e. The van der Waals surface area contributed by atoms with Crippen LogP contribution < -0.4 is 4.74 Å². The van der Waals surface area contributed by atoms with Gasteiger partial charge >= 0.3 is 0 Å². The summed E-state index contributed by atoms with van der Waals surface area (Å²) in [6.07, 6.45) is 1.74. The molecule has 3 aromatic carbocycles. The number of likely N-dealkylation sites (N-methyl/N-ethyl adjacent to an activating group) is 1. The molecule has 3 nitrogen and oxygen atoms in total. The minimum absolute atomic E-state index is 0.472. The van der Waals surface area contributed by atoms with E-state index in [1.807, 2.05) is 24.3 Å². The zero-order chi connectivity index (χ0) is 20.5. The van der Waals surface area contributed by atoms with E-state index in [1.54, 1.807) is 11.9 Å².